The minimum Gasteiger partial charge on any atom is -0.507 e. The van der Waals surface area contributed by atoms with E-state index in [0.717, 1.165) is 34.7 Å². The topological polar surface area (TPSA) is 66.8 Å². The molecule has 1 amide bonds. The van der Waals surface area contributed by atoms with E-state index in [4.69, 9.17) is 4.74 Å². The van der Waals surface area contributed by atoms with Crippen molar-refractivity contribution in [2.24, 2.45) is 0 Å². The van der Waals surface area contributed by atoms with Crippen LogP contribution in [-0.4, -0.2) is 23.9 Å². The van der Waals surface area contributed by atoms with Gasteiger partial charge in [-0.25, -0.2) is 0 Å². The molecule has 2 aromatic carbocycles. The minimum absolute atomic E-state index is 0.122. The number of hydrogen-bond donors (Lipinski definition) is 1. The zero-order chi connectivity index (χ0) is 23.9. The second kappa shape index (κ2) is 8.40. The molecule has 0 radical (unpaired) electrons. The lowest BCUT2D eigenvalue weighted by atomic mass is 9.98. The summed E-state index contributed by atoms with van der Waals surface area (Å²) in [7, 11) is 1.49. The number of aliphatic hydroxyl groups is 1. The van der Waals surface area contributed by atoms with Crippen LogP contribution in [0.15, 0.2) is 65.6 Å². The van der Waals surface area contributed by atoms with Crippen molar-refractivity contribution in [3.63, 3.8) is 0 Å². The number of nitrogens with zero attached hydrogens (tertiary/aromatic N) is 1. The Morgan fingerprint density at radius 2 is 1.67 bits per heavy atom. The number of rotatable bonds is 4. The number of carbonyl (C=O) groups is 2. The zero-order valence-electron chi connectivity index (χ0n) is 17.5. The molecule has 1 aliphatic heterocycles. The maximum absolute atomic E-state index is 13.1. The van der Waals surface area contributed by atoms with Crippen molar-refractivity contribution in [1.82, 2.24) is 0 Å². The highest BCUT2D eigenvalue weighted by Gasteiger charge is 2.48. The molecule has 3 aromatic rings. The highest BCUT2D eigenvalue weighted by molar-refractivity contribution is 7.10. The smallest absolute Gasteiger partial charge is 0.416 e. The van der Waals surface area contributed by atoms with Crippen LogP contribution in [0.4, 0.5) is 18.9 Å². The number of thiophene rings is 1. The van der Waals surface area contributed by atoms with Gasteiger partial charge in [-0.2, -0.15) is 13.2 Å². The van der Waals surface area contributed by atoms with E-state index in [1.54, 1.807) is 42.6 Å². The average molecular weight is 473 g/mol. The van der Waals surface area contributed by atoms with Crippen molar-refractivity contribution < 1.29 is 32.6 Å². The fraction of sp³-hybridized carbons (Fsp3) is 0.167. The average Bonchev–Trinajstić information content (AvgIpc) is 3.33. The van der Waals surface area contributed by atoms with Gasteiger partial charge in [0.25, 0.3) is 11.7 Å². The van der Waals surface area contributed by atoms with Crippen molar-refractivity contribution in [2.45, 2.75) is 19.1 Å². The Morgan fingerprint density at radius 3 is 2.18 bits per heavy atom. The second-order valence-corrected chi connectivity index (χ2v) is 8.36. The lowest BCUT2D eigenvalue weighted by Gasteiger charge is -2.25. The molecule has 9 heteroatoms. The normalized spacial score (nSPS) is 18.1. The molecule has 0 bridgehead atoms. The number of anilines is 1. The first kappa shape index (κ1) is 22.6. The predicted molar refractivity (Wildman–Crippen MR) is 118 cm³/mol. The highest BCUT2D eigenvalue weighted by Crippen LogP contribution is 2.45. The summed E-state index contributed by atoms with van der Waals surface area (Å²) in [5.74, 6) is -1.67. The number of alkyl halides is 3. The molecule has 1 saturated heterocycles. The summed E-state index contributed by atoms with van der Waals surface area (Å²) in [6.45, 7) is 1.80. The Labute approximate surface area is 191 Å². The third kappa shape index (κ3) is 4.00. The highest BCUT2D eigenvalue weighted by atomic mass is 32.1. The maximum Gasteiger partial charge on any atom is 0.416 e. The third-order valence-electron chi connectivity index (χ3n) is 5.43. The number of carbonyl (C=O) groups excluding carboxylic acids is 2. The largest absolute Gasteiger partial charge is 0.507 e. The first-order valence-corrected chi connectivity index (χ1v) is 10.7. The molecule has 1 unspecified atom stereocenters. The fourth-order valence-electron chi connectivity index (χ4n) is 3.73. The number of halogens is 3. The Kier molecular flexibility index (Phi) is 5.75. The van der Waals surface area contributed by atoms with Gasteiger partial charge >= 0.3 is 6.18 Å². The van der Waals surface area contributed by atoms with Crippen molar-refractivity contribution in [1.29, 1.82) is 0 Å². The van der Waals surface area contributed by atoms with Gasteiger partial charge in [0.2, 0.25) is 0 Å². The second-order valence-electron chi connectivity index (χ2n) is 7.41. The molecule has 0 aliphatic carbocycles. The lowest BCUT2D eigenvalue weighted by Crippen LogP contribution is -2.29. The van der Waals surface area contributed by atoms with Gasteiger partial charge in [-0.15, -0.1) is 11.3 Å². The molecule has 33 heavy (non-hydrogen) atoms. The molecule has 5 nitrogen and oxygen atoms in total. The molecule has 1 fully saturated rings. The molecule has 1 N–H and O–H groups in total. The minimum atomic E-state index is -4.54. The molecule has 1 aliphatic rings. The van der Waals surface area contributed by atoms with Crippen LogP contribution in [0.3, 0.4) is 0 Å². The summed E-state index contributed by atoms with van der Waals surface area (Å²) in [5, 5.41) is 12.8. The summed E-state index contributed by atoms with van der Waals surface area (Å²) >= 11 is 1.29. The van der Waals surface area contributed by atoms with Crippen molar-refractivity contribution in [3.05, 3.63) is 87.1 Å². The number of amides is 1. The standard InChI is InChI=1S/C24H18F3NO4S/c1-13-11-12-33-22(13)19-18(20(29)14-3-9-17(32-2)10-4-14)21(30)23(31)28(19)16-7-5-15(6-8-16)24(25,26)27/h3-12,19,29H,1-2H3/b20-18-. The quantitative estimate of drug-likeness (QED) is 0.299. The van der Waals surface area contributed by atoms with Crippen molar-refractivity contribution in [3.8, 4) is 5.75 Å². The first-order chi connectivity index (χ1) is 15.6. The molecule has 1 atom stereocenters. The van der Waals surface area contributed by atoms with Gasteiger partial charge in [-0.1, -0.05) is 0 Å². The molecule has 170 valence electrons. The summed E-state index contributed by atoms with van der Waals surface area (Å²) in [6, 6.07) is 11.2. The van der Waals surface area contributed by atoms with Gasteiger partial charge in [0.05, 0.1) is 18.2 Å². The first-order valence-electron chi connectivity index (χ1n) is 9.80. The Bertz CT molecular complexity index is 1240. The number of ketones is 1. The van der Waals surface area contributed by atoms with Crippen LogP contribution in [0.25, 0.3) is 5.76 Å². The monoisotopic (exact) mass is 473 g/mol. The number of benzene rings is 2. The van der Waals surface area contributed by atoms with Crippen LogP contribution in [0, 0.1) is 6.92 Å². The van der Waals surface area contributed by atoms with E-state index in [0.29, 0.717) is 16.2 Å². The van der Waals surface area contributed by atoms with Crippen molar-refractivity contribution in [2.75, 3.05) is 12.0 Å². The van der Waals surface area contributed by atoms with Crippen LogP contribution in [-0.2, 0) is 15.8 Å². The van der Waals surface area contributed by atoms with E-state index < -0.39 is 29.5 Å². The van der Waals surface area contributed by atoms with Crippen LogP contribution in [0.2, 0.25) is 0 Å². The molecular formula is C24H18F3NO4S. The van der Waals surface area contributed by atoms with E-state index in [2.05, 4.69) is 0 Å². The molecule has 4 rings (SSSR count). The summed E-state index contributed by atoms with van der Waals surface area (Å²) in [4.78, 5) is 27.9. The third-order valence-corrected chi connectivity index (χ3v) is 6.50. The van der Waals surface area contributed by atoms with Crippen LogP contribution in [0.5, 0.6) is 5.75 Å². The van der Waals surface area contributed by atoms with E-state index >= 15 is 0 Å². The summed E-state index contributed by atoms with van der Waals surface area (Å²) in [5.41, 5.74) is 0.210. The van der Waals surface area contributed by atoms with Gasteiger partial charge in [0.15, 0.2) is 0 Å². The molecular weight excluding hydrogens is 455 g/mol. The van der Waals surface area contributed by atoms with E-state index in [9.17, 15) is 27.9 Å². The van der Waals surface area contributed by atoms with E-state index in [1.807, 2.05) is 0 Å². The maximum atomic E-state index is 13.1. The molecule has 0 saturated carbocycles. The van der Waals surface area contributed by atoms with Crippen LogP contribution in [0.1, 0.15) is 27.6 Å². The number of ether oxygens (including phenoxy) is 1. The fourth-order valence-corrected chi connectivity index (χ4v) is 4.75. The zero-order valence-corrected chi connectivity index (χ0v) is 18.3. The number of hydrogen-bond acceptors (Lipinski definition) is 5. The van der Waals surface area contributed by atoms with Gasteiger partial charge in [0, 0.05) is 16.1 Å². The van der Waals surface area contributed by atoms with E-state index in [1.165, 1.54) is 18.4 Å². The molecule has 2 heterocycles. The molecule has 0 spiro atoms. The predicted octanol–water partition coefficient (Wildman–Crippen LogP) is 5.71. The summed E-state index contributed by atoms with van der Waals surface area (Å²) < 4.78 is 44.2. The lowest BCUT2D eigenvalue weighted by molar-refractivity contribution is -0.137. The van der Waals surface area contributed by atoms with Crippen molar-refractivity contribution >= 4 is 34.5 Å². The van der Waals surface area contributed by atoms with Gasteiger partial charge in [0.1, 0.15) is 17.6 Å². The van der Waals surface area contributed by atoms with Crippen LogP contribution >= 0.6 is 11.3 Å². The molecule has 1 aromatic heterocycles. The Balaban J connectivity index is 1.88. The van der Waals surface area contributed by atoms with Gasteiger partial charge in [-0.05, 0) is 72.5 Å². The van der Waals surface area contributed by atoms with Gasteiger partial charge in [-0.3, -0.25) is 14.5 Å². The number of aryl methyl sites for hydroxylation is 1. The number of aliphatic hydroxyl groups excluding tert-OH is 1. The number of methoxy groups -OCH3 is 1. The Morgan fingerprint density at radius 1 is 1.03 bits per heavy atom. The summed E-state index contributed by atoms with van der Waals surface area (Å²) in [6.07, 6.45) is -4.54. The van der Waals surface area contributed by atoms with Crippen LogP contribution < -0.4 is 9.64 Å². The SMILES string of the molecule is COc1ccc(/C(O)=C2/C(=O)C(=O)N(c3ccc(C(F)(F)F)cc3)C2c2sccc2C)cc1. The Hall–Kier alpha value is -3.59. The number of Topliss-reactive ketones (excluding diaryl/α,β-unsaturated/α-hetero) is 1. The van der Waals surface area contributed by atoms with E-state index in [-0.39, 0.29) is 17.0 Å². The van der Waals surface area contributed by atoms with Gasteiger partial charge < -0.3 is 9.84 Å².